The predicted octanol–water partition coefficient (Wildman–Crippen LogP) is 2.97. The van der Waals surface area contributed by atoms with E-state index in [2.05, 4.69) is 10.1 Å². The van der Waals surface area contributed by atoms with Crippen molar-refractivity contribution in [2.45, 2.75) is 0 Å². The number of hydrogen-bond donors (Lipinski definition) is 1. The molecule has 0 fully saturated rings. The first-order valence-corrected chi connectivity index (χ1v) is 6.97. The van der Waals surface area contributed by atoms with Gasteiger partial charge < -0.3 is 0 Å². The highest BCUT2D eigenvalue weighted by Crippen LogP contribution is 2.19. The van der Waals surface area contributed by atoms with E-state index < -0.39 is 0 Å². The number of rotatable bonds is 3. The third kappa shape index (κ3) is 2.57. The number of benzene rings is 1. The zero-order valence-corrected chi connectivity index (χ0v) is 11.4. The van der Waals surface area contributed by atoms with E-state index in [1.54, 1.807) is 23.3 Å². The quantitative estimate of drug-likeness (QED) is 0.737. The molecule has 2 heterocycles. The fourth-order valence-electron chi connectivity index (χ4n) is 1.81. The maximum absolute atomic E-state index is 7.96. The molecule has 3 aromatic rings. The van der Waals surface area contributed by atoms with Crippen molar-refractivity contribution in [3.8, 4) is 11.3 Å². The first-order valence-electron chi connectivity index (χ1n) is 6.09. The van der Waals surface area contributed by atoms with Gasteiger partial charge in [0.15, 0.2) is 0 Å². The molecule has 5 heteroatoms. The van der Waals surface area contributed by atoms with Gasteiger partial charge in [-0.1, -0.05) is 36.4 Å². The Labute approximate surface area is 120 Å². The van der Waals surface area contributed by atoms with Gasteiger partial charge in [0.1, 0.15) is 0 Å². The van der Waals surface area contributed by atoms with Gasteiger partial charge in [-0.25, -0.2) is 4.68 Å². The number of nitrogens with zero attached hydrogens (tertiary/aromatic N) is 3. The highest BCUT2D eigenvalue weighted by Gasteiger charge is 2.05. The highest BCUT2D eigenvalue weighted by molar-refractivity contribution is 7.07. The smallest absolute Gasteiger partial charge is 0.203 e. The van der Waals surface area contributed by atoms with Crippen LogP contribution >= 0.6 is 11.3 Å². The average molecular weight is 280 g/mol. The number of pyridine rings is 1. The molecule has 0 aliphatic carbocycles. The molecular weight excluding hydrogens is 268 g/mol. The predicted molar refractivity (Wildman–Crippen MR) is 80.8 cm³/mol. The second kappa shape index (κ2) is 5.63. The third-order valence-corrected chi connectivity index (χ3v) is 3.52. The van der Waals surface area contributed by atoms with Crippen LogP contribution in [0.3, 0.4) is 0 Å². The maximum Gasteiger partial charge on any atom is 0.203 e. The minimum absolute atomic E-state index is 0.393. The van der Waals surface area contributed by atoms with Crippen LogP contribution in [0.1, 0.15) is 5.56 Å². The molecule has 98 valence electrons. The third-order valence-electron chi connectivity index (χ3n) is 2.78. The van der Waals surface area contributed by atoms with E-state index in [0.717, 1.165) is 16.8 Å². The van der Waals surface area contributed by atoms with Gasteiger partial charge in [-0.3, -0.25) is 10.4 Å². The molecule has 1 aromatic carbocycles. The summed E-state index contributed by atoms with van der Waals surface area (Å²) in [4.78, 5) is 4.44. The molecule has 1 N–H and O–H groups in total. The van der Waals surface area contributed by atoms with Gasteiger partial charge >= 0.3 is 0 Å². The van der Waals surface area contributed by atoms with Gasteiger partial charge in [-0.2, -0.15) is 5.10 Å². The Morgan fingerprint density at radius 2 is 2.00 bits per heavy atom. The van der Waals surface area contributed by atoms with Crippen LogP contribution in [0.2, 0.25) is 0 Å². The minimum Gasteiger partial charge on any atom is -0.273 e. The molecule has 0 radical (unpaired) electrons. The van der Waals surface area contributed by atoms with Crippen LogP contribution in [-0.2, 0) is 0 Å². The first-order chi connectivity index (χ1) is 9.84. The molecule has 0 saturated heterocycles. The molecular formula is C15H12N4S. The zero-order valence-electron chi connectivity index (χ0n) is 10.6. The van der Waals surface area contributed by atoms with Gasteiger partial charge in [-0.05, 0) is 6.07 Å². The summed E-state index contributed by atoms with van der Waals surface area (Å²) >= 11 is 1.36. The van der Waals surface area contributed by atoms with Crippen LogP contribution < -0.4 is 4.80 Å². The van der Waals surface area contributed by atoms with Crippen molar-refractivity contribution in [1.82, 2.24) is 9.66 Å². The Morgan fingerprint density at radius 3 is 2.75 bits per heavy atom. The van der Waals surface area contributed by atoms with E-state index in [4.69, 9.17) is 5.41 Å². The SMILES string of the molecule is N=c1scc(-c2ccccc2)n1N=Cc1cccnc1. The topological polar surface area (TPSA) is 54.0 Å². The normalized spacial score (nSPS) is 11.0. The van der Waals surface area contributed by atoms with Crippen molar-refractivity contribution >= 4 is 17.6 Å². The Balaban J connectivity index is 2.01. The summed E-state index contributed by atoms with van der Waals surface area (Å²) in [6.45, 7) is 0. The largest absolute Gasteiger partial charge is 0.273 e. The molecule has 0 atom stereocenters. The number of aromatic nitrogens is 2. The summed E-state index contributed by atoms with van der Waals surface area (Å²) in [7, 11) is 0. The van der Waals surface area contributed by atoms with Crippen LogP contribution in [-0.4, -0.2) is 15.9 Å². The van der Waals surface area contributed by atoms with Crippen LogP contribution in [0, 0.1) is 5.41 Å². The second-order valence-electron chi connectivity index (χ2n) is 4.13. The summed E-state index contributed by atoms with van der Waals surface area (Å²) in [5, 5.41) is 14.3. The molecule has 20 heavy (non-hydrogen) atoms. The van der Waals surface area contributed by atoms with E-state index in [1.165, 1.54) is 11.3 Å². The van der Waals surface area contributed by atoms with Crippen molar-refractivity contribution in [1.29, 1.82) is 5.41 Å². The first kappa shape index (κ1) is 12.5. The molecule has 0 unspecified atom stereocenters. The Morgan fingerprint density at radius 1 is 1.15 bits per heavy atom. The van der Waals surface area contributed by atoms with E-state index in [1.807, 2.05) is 47.8 Å². The summed E-state index contributed by atoms with van der Waals surface area (Å²) in [5.74, 6) is 0. The fraction of sp³-hybridized carbons (Fsp3) is 0. The zero-order chi connectivity index (χ0) is 13.8. The van der Waals surface area contributed by atoms with Crippen LogP contribution in [0.4, 0.5) is 0 Å². The lowest BCUT2D eigenvalue weighted by atomic mass is 10.2. The van der Waals surface area contributed by atoms with E-state index in [9.17, 15) is 0 Å². The molecule has 3 rings (SSSR count). The van der Waals surface area contributed by atoms with Gasteiger partial charge in [0.2, 0.25) is 4.80 Å². The minimum atomic E-state index is 0.393. The Hall–Kier alpha value is -2.53. The Bertz CT molecular complexity index is 772. The molecule has 0 amide bonds. The Kier molecular flexibility index (Phi) is 3.52. The maximum atomic E-state index is 7.96. The summed E-state index contributed by atoms with van der Waals surface area (Å²) < 4.78 is 1.63. The van der Waals surface area contributed by atoms with Crippen molar-refractivity contribution in [2.75, 3.05) is 0 Å². The molecule has 0 aliphatic rings. The molecule has 4 nitrogen and oxygen atoms in total. The lowest BCUT2D eigenvalue weighted by Gasteiger charge is -2.02. The second-order valence-corrected chi connectivity index (χ2v) is 4.99. The number of thiazole rings is 1. The molecule has 0 bridgehead atoms. The van der Waals surface area contributed by atoms with E-state index >= 15 is 0 Å². The standard InChI is InChI=1S/C15H12N4S/c16-15-19(18-10-12-5-4-8-17-9-12)14(11-20-15)13-6-2-1-3-7-13/h1-11,16H. The summed E-state index contributed by atoms with van der Waals surface area (Å²) in [6.07, 6.45) is 5.17. The van der Waals surface area contributed by atoms with Crippen molar-refractivity contribution in [3.05, 3.63) is 70.6 Å². The van der Waals surface area contributed by atoms with Crippen molar-refractivity contribution in [2.24, 2.45) is 5.10 Å². The monoisotopic (exact) mass is 280 g/mol. The summed E-state index contributed by atoms with van der Waals surface area (Å²) in [6, 6.07) is 13.7. The lowest BCUT2D eigenvalue weighted by Crippen LogP contribution is -2.09. The molecule has 2 aromatic heterocycles. The van der Waals surface area contributed by atoms with Crippen molar-refractivity contribution < 1.29 is 0 Å². The number of hydrogen-bond acceptors (Lipinski definition) is 4. The average Bonchev–Trinajstić information content (AvgIpc) is 2.88. The summed E-state index contributed by atoms with van der Waals surface area (Å²) in [5.41, 5.74) is 2.87. The molecule has 0 aliphatic heterocycles. The molecule has 0 saturated carbocycles. The van der Waals surface area contributed by atoms with Gasteiger partial charge in [-0.15, -0.1) is 11.3 Å². The molecule has 0 spiro atoms. The fourth-order valence-corrected chi connectivity index (χ4v) is 2.52. The van der Waals surface area contributed by atoms with Crippen LogP contribution in [0.15, 0.2) is 65.3 Å². The van der Waals surface area contributed by atoms with E-state index in [0.29, 0.717) is 4.80 Å². The highest BCUT2D eigenvalue weighted by atomic mass is 32.1. The van der Waals surface area contributed by atoms with E-state index in [-0.39, 0.29) is 0 Å². The van der Waals surface area contributed by atoms with Gasteiger partial charge in [0.05, 0.1) is 11.9 Å². The lowest BCUT2D eigenvalue weighted by molar-refractivity contribution is 0.839. The van der Waals surface area contributed by atoms with Crippen LogP contribution in [0.5, 0.6) is 0 Å². The van der Waals surface area contributed by atoms with Crippen LogP contribution in [0.25, 0.3) is 11.3 Å². The van der Waals surface area contributed by atoms with Gasteiger partial charge in [0.25, 0.3) is 0 Å². The van der Waals surface area contributed by atoms with Gasteiger partial charge in [0, 0.05) is 28.9 Å². The van der Waals surface area contributed by atoms with Crippen molar-refractivity contribution in [3.63, 3.8) is 0 Å². The number of nitrogens with one attached hydrogen (secondary N) is 1.